The van der Waals surface area contributed by atoms with Crippen LogP contribution in [-0.4, -0.2) is 58.9 Å². The first-order chi connectivity index (χ1) is 21.9. The molecule has 3 N–H and O–H groups in total. The molecule has 3 rings (SSSR count). The summed E-state index contributed by atoms with van der Waals surface area (Å²) in [6.07, 6.45) is -0.890. The highest BCUT2D eigenvalue weighted by molar-refractivity contribution is 7.99. The first-order valence-corrected chi connectivity index (χ1v) is 16.1. The highest BCUT2D eigenvalue weighted by atomic mass is 35.5. The Morgan fingerprint density at radius 1 is 0.957 bits per heavy atom. The average molecular weight is 671 g/mol. The average Bonchev–Trinajstić information content (AvgIpc) is 3.01. The third-order valence-electron chi connectivity index (χ3n) is 6.91. The molecule has 0 fully saturated rings. The van der Waals surface area contributed by atoms with E-state index in [1.165, 1.54) is 18.2 Å². The van der Waals surface area contributed by atoms with Crippen LogP contribution in [0.5, 0.6) is 5.75 Å². The van der Waals surface area contributed by atoms with E-state index >= 15 is 0 Å². The number of ketones is 2. The van der Waals surface area contributed by atoms with Gasteiger partial charge in [-0.3, -0.25) is 24.0 Å². The number of amides is 2. The van der Waals surface area contributed by atoms with Gasteiger partial charge in [0, 0.05) is 33.0 Å². The summed E-state index contributed by atoms with van der Waals surface area (Å²) >= 11 is 7.08. The van der Waals surface area contributed by atoms with Gasteiger partial charge in [0.05, 0.1) is 31.2 Å². The first-order valence-electron chi connectivity index (χ1n) is 14.6. The van der Waals surface area contributed by atoms with Crippen LogP contribution in [0.15, 0.2) is 66.7 Å². The Morgan fingerprint density at radius 2 is 1.67 bits per heavy atom. The van der Waals surface area contributed by atoms with Crippen LogP contribution < -0.4 is 15.4 Å². The standard InChI is InChI=1S/C34H36ClFN2O7S/c1-4-45-29-14-13-22(33(43)21-9-6-5-7-10-21)15-23(29)16-30(40)38-32(20(2)3)34(44)37-27(17-31(41)42)28(39)19-46-18-24-25(35)11-8-12-26(24)36/h5-15,20,27,32H,4,16-19H2,1-3H3,(H,37,44)(H,38,40)(H,41,42)/t27?,32-/m0/s1. The van der Waals surface area contributed by atoms with Gasteiger partial charge in [0.1, 0.15) is 17.6 Å². The molecule has 0 radical (unpaired) electrons. The topological polar surface area (TPSA) is 139 Å². The molecule has 2 atom stereocenters. The number of carboxylic acid groups (broad SMARTS) is 1. The summed E-state index contributed by atoms with van der Waals surface area (Å²) in [4.78, 5) is 64.1. The van der Waals surface area contributed by atoms with E-state index < -0.39 is 53.8 Å². The predicted octanol–water partition coefficient (Wildman–Crippen LogP) is 5.25. The molecule has 0 aromatic heterocycles. The summed E-state index contributed by atoms with van der Waals surface area (Å²) in [6.45, 7) is 5.49. The molecule has 9 nitrogen and oxygen atoms in total. The lowest BCUT2D eigenvalue weighted by Gasteiger charge is -2.25. The minimum Gasteiger partial charge on any atom is -0.494 e. The number of benzene rings is 3. The number of carbonyl (C=O) groups excluding carboxylic acids is 4. The fourth-order valence-corrected chi connectivity index (χ4v) is 5.86. The number of aliphatic carboxylic acids is 1. The number of ether oxygens (including phenoxy) is 1. The zero-order valence-electron chi connectivity index (χ0n) is 25.7. The van der Waals surface area contributed by atoms with Crippen molar-refractivity contribution in [3.8, 4) is 5.75 Å². The molecule has 0 saturated heterocycles. The van der Waals surface area contributed by atoms with E-state index in [2.05, 4.69) is 10.6 Å². The Morgan fingerprint density at radius 3 is 2.30 bits per heavy atom. The monoisotopic (exact) mass is 670 g/mol. The molecule has 3 aromatic carbocycles. The van der Waals surface area contributed by atoms with Gasteiger partial charge in [0.2, 0.25) is 11.8 Å². The Kier molecular flexibility index (Phi) is 13.8. The SMILES string of the molecule is CCOc1ccc(C(=O)c2ccccc2)cc1CC(=O)N[C@H](C(=O)NC(CC(=O)O)C(=O)CSCc1c(F)cccc1Cl)C(C)C. The highest BCUT2D eigenvalue weighted by Gasteiger charge is 2.30. The van der Waals surface area contributed by atoms with Crippen molar-refractivity contribution in [1.29, 1.82) is 0 Å². The van der Waals surface area contributed by atoms with Crippen molar-refractivity contribution >= 4 is 52.7 Å². The van der Waals surface area contributed by atoms with E-state index in [0.29, 0.717) is 29.0 Å². The molecule has 0 aliphatic rings. The predicted molar refractivity (Wildman–Crippen MR) is 175 cm³/mol. The minimum absolute atomic E-state index is 0.0670. The van der Waals surface area contributed by atoms with Gasteiger partial charge in [0.25, 0.3) is 0 Å². The smallest absolute Gasteiger partial charge is 0.305 e. The second kappa shape index (κ2) is 17.5. The van der Waals surface area contributed by atoms with Crippen molar-refractivity contribution in [2.45, 2.75) is 51.4 Å². The minimum atomic E-state index is -1.38. The van der Waals surface area contributed by atoms with Gasteiger partial charge in [-0.1, -0.05) is 61.8 Å². The van der Waals surface area contributed by atoms with Crippen molar-refractivity contribution < 1.29 is 38.2 Å². The summed E-state index contributed by atoms with van der Waals surface area (Å²) in [5.74, 6) is -4.08. The van der Waals surface area contributed by atoms with E-state index in [9.17, 15) is 33.5 Å². The summed E-state index contributed by atoms with van der Waals surface area (Å²) in [5.41, 5.74) is 1.50. The van der Waals surface area contributed by atoms with Gasteiger partial charge in [-0.15, -0.1) is 11.8 Å². The van der Waals surface area contributed by atoms with Gasteiger partial charge in [0.15, 0.2) is 11.6 Å². The summed E-state index contributed by atoms with van der Waals surface area (Å²) in [5, 5.41) is 14.8. The number of thioether (sulfide) groups is 1. The van der Waals surface area contributed by atoms with Crippen LogP contribution in [0.4, 0.5) is 4.39 Å². The van der Waals surface area contributed by atoms with Gasteiger partial charge < -0.3 is 20.5 Å². The van der Waals surface area contributed by atoms with Crippen molar-refractivity contribution in [1.82, 2.24) is 10.6 Å². The van der Waals surface area contributed by atoms with Gasteiger partial charge in [-0.25, -0.2) is 4.39 Å². The Bertz CT molecular complexity index is 1550. The Labute approximate surface area is 276 Å². The zero-order chi connectivity index (χ0) is 33.8. The lowest BCUT2D eigenvalue weighted by atomic mass is 9.98. The van der Waals surface area contributed by atoms with Crippen LogP contribution in [0, 0.1) is 11.7 Å². The molecular formula is C34H36ClFN2O7S. The summed E-state index contributed by atoms with van der Waals surface area (Å²) in [7, 11) is 0. The molecule has 0 aliphatic heterocycles. The molecule has 0 bridgehead atoms. The number of hydrogen-bond donors (Lipinski definition) is 3. The maximum atomic E-state index is 14.1. The molecular weight excluding hydrogens is 635 g/mol. The fourth-order valence-electron chi connectivity index (χ4n) is 4.55. The molecule has 2 amide bonds. The molecule has 12 heteroatoms. The fraction of sp³-hybridized carbons (Fsp3) is 0.324. The Balaban J connectivity index is 1.70. The van der Waals surface area contributed by atoms with Crippen LogP contribution >= 0.6 is 23.4 Å². The zero-order valence-corrected chi connectivity index (χ0v) is 27.3. The van der Waals surface area contributed by atoms with Crippen molar-refractivity contribution in [2.75, 3.05) is 12.4 Å². The third kappa shape index (κ3) is 10.4. The van der Waals surface area contributed by atoms with Crippen LogP contribution in [0.3, 0.4) is 0 Å². The number of carbonyl (C=O) groups is 5. The molecule has 244 valence electrons. The Hall–Kier alpha value is -4.22. The number of carboxylic acids is 1. The number of halogens is 2. The van der Waals surface area contributed by atoms with Crippen LogP contribution in [-0.2, 0) is 31.4 Å². The van der Waals surface area contributed by atoms with Crippen LogP contribution in [0.2, 0.25) is 5.02 Å². The van der Waals surface area contributed by atoms with Crippen LogP contribution in [0.25, 0.3) is 0 Å². The van der Waals surface area contributed by atoms with Gasteiger partial charge >= 0.3 is 5.97 Å². The lowest BCUT2D eigenvalue weighted by molar-refractivity contribution is -0.140. The molecule has 3 aromatic rings. The second-order valence-corrected chi connectivity index (χ2v) is 12.1. The maximum Gasteiger partial charge on any atom is 0.305 e. The molecule has 46 heavy (non-hydrogen) atoms. The molecule has 0 heterocycles. The van der Waals surface area contributed by atoms with Crippen molar-refractivity contribution in [3.63, 3.8) is 0 Å². The van der Waals surface area contributed by atoms with E-state index in [-0.39, 0.29) is 34.3 Å². The largest absolute Gasteiger partial charge is 0.494 e. The molecule has 0 aliphatic carbocycles. The number of Topliss-reactive ketones (excluding diaryl/α,β-unsaturated/α-hetero) is 1. The first kappa shape index (κ1) is 36.3. The quantitative estimate of drug-likeness (QED) is 0.166. The second-order valence-electron chi connectivity index (χ2n) is 10.7. The molecule has 0 saturated carbocycles. The number of hydrogen-bond acceptors (Lipinski definition) is 7. The third-order valence-corrected chi connectivity index (χ3v) is 8.25. The number of rotatable bonds is 17. The highest BCUT2D eigenvalue weighted by Crippen LogP contribution is 2.25. The summed E-state index contributed by atoms with van der Waals surface area (Å²) in [6, 6.07) is 15.3. The lowest BCUT2D eigenvalue weighted by Crippen LogP contribution is -2.54. The van der Waals surface area contributed by atoms with E-state index in [0.717, 1.165) is 11.8 Å². The molecule has 0 spiro atoms. The number of nitrogens with one attached hydrogen (secondary N) is 2. The van der Waals surface area contributed by atoms with Gasteiger partial charge in [-0.2, -0.15) is 0 Å². The summed E-state index contributed by atoms with van der Waals surface area (Å²) < 4.78 is 19.8. The molecule has 1 unspecified atom stereocenters. The van der Waals surface area contributed by atoms with E-state index in [1.54, 1.807) is 69.3 Å². The van der Waals surface area contributed by atoms with Gasteiger partial charge in [-0.05, 0) is 43.2 Å². The van der Waals surface area contributed by atoms with Crippen LogP contribution in [0.1, 0.15) is 54.2 Å². The van der Waals surface area contributed by atoms with E-state index in [1.807, 2.05) is 0 Å². The van der Waals surface area contributed by atoms with Crippen molar-refractivity contribution in [2.24, 2.45) is 5.92 Å². The maximum absolute atomic E-state index is 14.1. The van der Waals surface area contributed by atoms with E-state index in [4.69, 9.17) is 16.3 Å². The van der Waals surface area contributed by atoms with Crippen molar-refractivity contribution in [3.05, 3.63) is 99.8 Å². The normalized spacial score (nSPS) is 12.2.